The van der Waals surface area contributed by atoms with Gasteiger partial charge in [-0.05, 0) is 64.5 Å². The minimum absolute atomic E-state index is 0.0238. The second kappa shape index (κ2) is 12.5. The first-order valence-electron chi connectivity index (χ1n) is 14.5. The Morgan fingerprint density at radius 2 is 1.88 bits per heavy atom. The van der Waals surface area contributed by atoms with Gasteiger partial charge < -0.3 is 14.4 Å². The Kier molecular flexibility index (Phi) is 8.91. The lowest BCUT2D eigenvalue weighted by atomic mass is 9.92. The van der Waals surface area contributed by atoms with Gasteiger partial charge in [-0.2, -0.15) is 0 Å². The van der Waals surface area contributed by atoms with Gasteiger partial charge in [0.25, 0.3) is 0 Å². The number of hydrogen-bond acceptors (Lipinski definition) is 9. The summed E-state index contributed by atoms with van der Waals surface area (Å²) in [7, 11) is 0. The lowest BCUT2D eigenvalue weighted by Gasteiger charge is -2.36. The molecule has 1 unspecified atom stereocenters. The molecule has 0 saturated carbocycles. The van der Waals surface area contributed by atoms with Crippen LogP contribution in [0.5, 0.6) is 0 Å². The van der Waals surface area contributed by atoms with Crippen LogP contribution in [0, 0.1) is 17.6 Å². The summed E-state index contributed by atoms with van der Waals surface area (Å²) in [4.78, 5) is 49.0. The number of Topliss-reactive ketones (excluding diaryl/α,β-unsaturated/α-hetero) is 1. The average Bonchev–Trinajstić information content (AvgIpc) is 3.55. The number of halogens is 2. The molecule has 228 valence electrons. The number of nitrogens with zero attached hydrogens (tertiary/aromatic N) is 3. The number of pyridine rings is 1. The molecule has 5 rings (SSSR count). The van der Waals surface area contributed by atoms with Crippen molar-refractivity contribution in [1.82, 2.24) is 9.97 Å². The molecule has 1 aliphatic heterocycles. The summed E-state index contributed by atoms with van der Waals surface area (Å²) >= 11 is 1.01. The van der Waals surface area contributed by atoms with Crippen molar-refractivity contribution in [2.45, 2.75) is 77.9 Å². The van der Waals surface area contributed by atoms with Crippen LogP contribution in [0.4, 0.5) is 14.5 Å². The Morgan fingerprint density at radius 3 is 2.58 bits per heavy atom. The summed E-state index contributed by atoms with van der Waals surface area (Å²) in [5.74, 6) is -2.35. The Balaban J connectivity index is 1.43. The van der Waals surface area contributed by atoms with Gasteiger partial charge in [-0.25, -0.2) is 13.8 Å². The van der Waals surface area contributed by atoms with Gasteiger partial charge in [-0.3, -0.25) is 19.4 Å². The average molecular weight is 612 g/mol. The zero-order chi connectivity index (χ0) is 30.9. The fourth-order valence-corrected chi connectivity index (χ4v) is 6.78. The number of carbonyl (C=O) groups excluding carboxylic acids is 3. The molecule has 0 spiro atoms. The van der Waals surface area contributed by atoms with E-state index in [-0.39, 0.29) is 46.3 Å². The van der Waals surface area contributed by atoms with E-state index in [1.807, 2.05) is 20.8 Å². The second-order valence-electron chi connectivity index (χ2n) is 12.1. The van der Waals surface area contributed by atoms with Crippen molar-refractivity contribution in [1.29, 1.82) is 0 Å². The molecule has 3 heterocycles. The molecule has 0 radical (unpaired) electrons. The molecule has 1 fully saturated rings. The number of aromatic nitrogens is 2. The lowest BCUT2D eigenvalue weighted by molar-refractivity contribution is -0.156. The van der Waals surface area contributed by atoms with Gasteiger partial charge in [0.15, 0.2) is 5.78 Å². The maximum absolute atomic E-state index is 14.3. The maximum Gasteiger partial charge on any atom is 0.306 e. The third kappa shape index (κ3) is 7.09. The predicted molar refractivity (Wildman–Crippen MR) is 158 cm³/mol. The van der Waals surface area contributed by atoms with E-state index < -0.39 is 23.3 Å². The zero-order valence-electron chi connectivity index (χ0n) is 24.7. The summed E-state index contributed by atoms with van der Waals surface area (Å²) in [6.07, 6.45) is 4.40. The molecule has 8 nitrogen and oxygen atoms in total. The number of benzene rings is 1. The Labute approximate surface area is 253 Å². The van der Waals surface area contributed by atoms with Crippen molar-refractivity contribution >= 4 is 34.7 Å². The third-order valence-corrected chi connectivity index (χ3v) is 8.42. The number of rotatable bonds is 8. The quantitative estimate of drug-likeness (QED) is 0.213. The Hall–Kier alpha value is -3.73. The summed E-state index contributed by atoms with van der Waals surface area (Å²) in [5, 5.41) is 1.61. The van der Waals surface area contributed by atoms with Gasteiger partial charge in [0.2, 0.25) is 0 Å². The van der Waals surface area contributed by atoms with Crippen LogP contribution in [0.3, 0.4) is 0 Å². The van der Waals surface area contributed by atoms with E-state index in [1.165, 1.54) is 18.4 Å². The van der Waals surface area contributed by atoms with Gasteiger partial charge in [-0.15, -0.1) is 11.3 Å². The molecule has 0 bridgehead atoms. The van der Waals surface area contributed by atoms with E-state index >= 15 is 0 Å². The largest absolute Gasteiger partial charge is 0.460 e. The van der Waals surface area contributed by atoms with E-state index in [0.29, 0.717) is 37.1 Å². The highest BCUT2D eigenvalue weighted by atomic mass is 32.1. The number of carbonyl (C=O) groups is 3. The second-order valence-corrected chi connectivity index (χ2v) is 13.0. The first-order chi connectivity index (χ1) is 20.4. The zero-order valence-corrected chi connectivity index (χ0v) is 25.6. The van der Waals surface area contributed by atoms with Crippen molar-refractivity contribution in [2.24, 2.45) is 5.92 Å². The number of ether oxygens (including phenoxy) is 2. The molecule has 2 aromatic heterocycles. The summed E-state index contributed by atoms with van der Waals surface area (Å²) in [6.45, 7) is 8.24. The molecule has 1 aliphatic carbocycles. The van der Waals surface area contributed by atoms with E-state index in [1.54, 1.807) is 6.20 Å². The van der Waals surface area contributed by atoms with Crippen LogP contribution in [0.15, 0.2) is 29.8 Å². The molecule has 1 saturated heterocycles. The fourth-order valence-electron chi connectivity index (χ4n) is 5.91. The molecular formula is C32H35F2N3O5S. The molecule has 43 heavy (non-hydrogen) atoms. The topological polar surface area (TPSA) is 98.7 Å². The highest BCUT2D eigenvalue weighted by Gasteiger charge is 2.34. The van der Waals surface area contributed by atoms with Crippen LogP contribution in [-0.4, -0.2) is 46.4 Å². The van der Waals surface area contributed by atoms with Crippen LogP contribution in [-0.2, 0) is 31.9 Å². The van der Waals surface area contributed by atoms with Gasteiger partial charge in [0.05, 0.1) is 17.7 Å². The monoisotopic (exact) mass is 611 g/mol. The number of thiazole rings is 1. The molecule has 2 atom stereocenters. The van der Waals surface area contributed by atoms with Gasteiger partial charge in [0.1, 0.15) is 34.0 Å². The van der Waals surface area contributed by atoms with Crippen molar-refractivity contribution in [3.63, 3.8) is 0 Å². The molecule has 3 aromatic rings. The van der Waals surface area contributed by atoms with Crippen molar-refractivity contribution in [2.75, 3.05) is 18.0 Å². The molecular weight excluding hydrogens is 576 g/mol. The number of ketones is 1. The summed E-state index contributed by atoms with van der Waals surface area (Å²) in [6, 6.07) is 3.59. The van der Waals surface area contributed by atoms with Crippen molar-refractivity contribution in [3.05, 3.63) is 63.9 Å². The Morgan fingerprint density at radius 1 is 1.14 bits per heavy atom. The highest BCUT2D eigenvalue weighted by molar-refractivity contribution is 7.13. The van der Waals surface area contributed by atoms with Crippen molar-refractivity contribution in [3.8, 4) is 10.6 Å². The van der Waals surface area contributed by atoms with E-state index in [4.69, 9.17) is 9.47 Å². The van der Waals surface area contributed by atoms with Crippen LogP contribution in [0.25, 0.3) is 10.6 Å². The number of esters is 2. The molecule has 0 amide bonds. The minimum atomic E-state index is -0.744. The van der Waals surface area contributed by atoms with E-state index in [2.05, 4.69) is 14.9 Å². The lowest BCUT2D eigenvalue weighted by Crippen LogP contribution is -2.38. The first kappa shape index (κ1) is 30.7. The highest BCUT2D eigenvalue weighted by Crippen LogP contribution is 2.42. The maximum atomic E-state index is 14.3. The Bertz CT molecular complexity index is 1530. The first-order valence-corrected chi connectivity index (χ1v) is 15.4. The summed E-state index contributed by atoms with van der Waals surface area (Å²) in [5.41, 5.74) is 2.47. The molecule has 1 aromatic carbocycles. The molecule has 2 aliphatic rings. The molecule has 0 N–H and O–H groups in total. The number of hydrogen-bond donors (Lipinski definition) is 0. The smallest absolute Gasteiger partial charge is 0.306 e. The van der Waals surface area contributed by atoms with Gasteiger partial charge in [0, 0.05) is 54.8 Å². The van der Waals surface area contributed by atoms with Crippen LogP contribution < -0.4 is 4.90 Å². The fraction of sp³-hybridized carbons (Fsp3) is 0.469. The SMILES string of the molecule is CC(=O)OC1CCc2c1ncc(CC(=O)c1csc(-c3c(F)cccc3F)n1)c2N1CCC[C@H](CC(=O)OC(C)(C)C)C1. The number of piperidine rings is 1. The van der Waals surface area contributed by atoms with Crippen LogP contribution in [0.2, 0.25) is 0 Å². The number of fused-ring (bicyclic) bond motifs is 1. The minimum Gasteiger partial charge on any atom is -0.460 e. The third-order valence-electron chi connectivity index (χ3n) is 7.56. The van der Waals surface area contributed by atoms with Crippen LogP contribution in [0.1, 0.15) is 86.8 Å². The van der Waals surface area contributed by atoms with Gasteiger partial charge >= 0.3 is 11.9 Å². The van der Waals surface area contributed by atoms with E-state index in [0.717, 1.165) is 54.1 Å². The normalized spacial score (nSPS) is 18.3. The molecule has 11 heteroatoms. The standard InChI is InChI=1S/C32H35F2N3O5S/c1-18(38)41-26-11-10-21-29(26)35-15-20(30(21)37-12-6-7-19(16-37)13-27(40)42-32(2,3)4)14-25(39)24-17-43-31(36-24)28-22(33)8-5-9-23(28)34/h5,8-9,15,17,19,26H,6-7,10-14,16H2,1-4H3/t19-,26?/m1/s1. The summed E-state index contributed by atoms with van der Waals surface area (Å²) < 4.78 is 39.8. The van der Waals surface area contributed by atoms with Crippen LogP contribution >= 0.6 is 11.3 Å². The number of anilines is 1. The predicted octanol–water partition coefficient (Wildman–Crippen LogP) is 6.41. The van der Waals surface area contributed by atoms with E-state index in [9.17, 15) is 23.2 Å². The van der Waals surface area contributed by atoms with Gasteiger partial charge in [-0.1, -0.05) is 6.07 Å². The van der Waals surface area contributed by atoms with Crippen molar-refractivity contribution < 1.29 is 32.6 Å².